The van der Waals surface area contributed by atoms with Crippen LogP contribution >= 0.6 is 0 Å². The van der Waals surface area contributed by atoms with Gasteiger partial charge in [0.2, 0.25) is 5.91 Å². The fraction of sp³-hybridized carbons (Fsp3) is 0.303. The average Bonchev–Trinajstić information content (AvgIpc) is 3.57. The first-order valence-corrected chi connectivity index (χ1v) is 13.8. The van der Waals surface area contributed by atoms with Crippen molar-refractivity contribution in [1.82, 2.24) is 15.2 Å². The third-order valence-corrected chi connectivity index (χ3v) is 7.55. The molecule has 2 N–H and O–H groups in total. The van der Waals surface area contributed by atoms with Gasteiger partial charge in [0.1, 0.15) is 0 Å². The first-order valence-electron chi connectivity index (χ1n) is 13.8. The fourth-order valence-electron chi connectivity index (χ4n) is 5.30. The Hall–Kier alpha value is -4.03. The van der Waals surface area contributed by atoms with Crippen LogP contribution in [0.5, 0.6) is 0 Å². The molecular weight excluding hydrogens is 486 g/mol. The minimum atomic E-state index is -0.481. The Labute approximate surface area is 229 Å². The Morgan fingerprint density at radius 1 is 1.03 bits per heavy atom. The smallest absolute Gasteiger partial charge is 0.222 e. The number of Topliss-reactive ketones (excluding diaryl/α,β-unsaturated/α-hetero) is 2. The first-order chi connectivity index (χ1) is 19.0. The predicted molar refractivity (Wildman–Crippen MR) is 154 cm³/mol. The van der Waals surface area contributed by atoms with Crippen molar-refractivity contribution in [3.8, 4) is 0 Å². The molecule has 0 unspecified atom stereocenters. The van der Waals surface area contributed by atoms with Crippen LogP contribution in [0.1, 0.15) is 69.1 Å². The molecule has 0 radical (unpaired) electrons. The molecule has 1 aliphatic rings. The number of fused-ring (bicyclic) bond motifs is 1. The normalized spacial score (nSPS) is 14.2. The van der Waals surface area contributed by atoms with E-state index in [0.717, 1.165) is 35.9 Å². The third kappa shape index (κ3) is 6.35. The molecule has 39 heavy (non-hydrogen) atoms. The van der Waals surface area contributed by atoms with Crippen molar-refractivity contribution in [3.05, 3.63) is 107 Å². The summed E-state index contributed by atoms with van der Waals surface area (Å²) in [6, 6.07) is 23.3. The lowest BCUT2D eigenvalue weighted by molar-refractivity contribution is -0.127. The fourth-order valence-corrected chi connectivity index (χ4v) is 5.30. The van der Waals surface area contributed by atoms with Crippen molar-refractivity contribution in [2.75, 3.05) is 19.6 Å². The summed E-state index contributed by atoms with van der Waals surface area (Å²) in [6.07, 6.45) is 5.14. The van der Waals surface area contributed by atoms with Crippen molar-refractivity contribution in [2.24, 2.45) is 0 Å². The molecule has 1 amide bonds. The number of benzene rings is 3. The average molecular weight is 522 g/mol. The number of likely N-dealkylation sites (tertiary alicyclic amines) is 1. The molecule has 1 fully saturated rings. The Morgan fingerprint density at radius 3 is 2.56 bits per heavy atom. The van der Waals surface area contributed by atoms with Crippen molar-refractivity contribution in [2.45, 2.75) is 45.1 Å². The summed E-state index contributed by atoms with van der Waals surface area (Å²) in [5.74, 6) is 0.225. The minimum absolute atomic E-state index is 0.00860. The number of rotatable bonds is 12. The highest BCUT2D eigenvalue weighted by Crippen LogP contribution is 2.26. The van der Waals surface area contributed by atoms with E-state index in [2.05, 4.69) is 41.5 Å². The van der Waals surface area contributed by atoms with E-state index in [1.54, 1.807) is 12.3 Å². The van der Waals surface area contributed by atoms with Crippen LogP contribution in [0.25, 0.3) is 10.9 Å². The maximum absolute atomic E-state index is 13.8. The predicted octanol–water partition coefficient (Wildman–Crippen LogP) is 5.82. The highest BCUT2D eigenvalue weighted by atomic mass is 16.2. The van der Waals surface area contributed by atoms with Gasteiger partial charge < -0.3 is 15.2 Å². The zero-order valence-electron chi connectivity index (χ0n) is 22.4. The van der Waals surface area contributed by atoms with Crippen LogP contribution in [-0.4, -0.2) is 47.0 Å². The van der Waals surface area contributed by atoms with E-state index >= 15 is 0 Å². The van der Waals surface area contributed by atoms with Gasteiger partial charge in [-0.15, -0.1) is 0 Å². The number of carbonyl (C=O) groups excluding carboxylic acids is 3. The van der Waals surface area contributed by atoms with Crippen LogP contribution < -0.4 is 5.32 Å². The molecule has 0 saturated carbocycles. The molecule has 1 aliphatic heterocycles. The monoisotopic (exact) mass is 521 g/mol. The molecule has 6 heteroatoms. The van der Waals surface area contributed by atoms with Crippen LogP contribution in [0, 0.1) is 6.92 Å². The second-order valence-corrected chi connectivity index (χ2v) is 10.4. The molecule has 0 aliphatic carbocycles. The molecule has 6 nitrogen and oxygen atoms in total. The second kappa shape index (κ2) is 12.2. The van der Waals surface area contributed by atoms with Gasteiger partial charge in [0.25, 0.3) is 0 Å². The summed E-state index contributed by atoms with van der Waals surface area (Å²) in [7, 11) is 0. The first kappa shape index (κ1) is 26.6. The van der Waals surface area contributed by atoms with Crippen LogP contribution in [0.3, 0.4) is 0 Å². The van der Waals surface area contributed by atoms with Crippen molar-refractivity contribution in [3.63, 3.8) is 0 Å². The summed E-state index contributed by atoms with van der Waals surface area (Å²) < 4.78 is 0. The summed E-state index contributed by atoms with van der Waals surface area (Å²) in [4.78, 5) is 43.5. The number of aromatic amines is 1. The Kier molecular flexibility index (Phi) is 8.33. The van der Waals surface area contributed by atoms with Gasteiger partial charge in [-0.2, -0.15) is 0 Å². The summed E-state index contributed by atoms with van der Waals surface area (Å²) in [6.45, 7) is 4.16. The van der Waals surface area contributed by atoms with Gasteiger partial charge in [-0.05, 0) is 43.4 Å². The number of carbonyl (C=O) groups is 3. The lowest BCUT2D eigenvalue weighted by Gasteiger charge is -2.18. The Bertz CT molecular complexity index is 1460. The highest BCUT2D eigenvalue weighted by molar-refractivity contribution is 6.11. The maximum Gasteiger partial charge on any atom is 0.222 e. The zero-order chi connectivity index (χ0) is 27.2. The Morgan fingerprint density at radius 2 is 1.82 bits per heavy atom. The van der Waals surface area contributed by atoms with Crippen LogP contribution in [-0.2, 0) is 11.2 Å². The number of aromatic nitrogens is 1. The van der Waals surface area contributed by atoms with Gasteiger partial charge >= 0.3 is 0 Å². The molecule has 2 heterocycles. The van der Waals surface area contributed by atoms with E-state index in [-0.39, 0.29) is 17.5 Å². The summed E-state index contributed by atoms with van der Waals surface area (Å²) >= 11 is 0. The lowest BCUT2D eigenvalue weighted by Crippen LogP contribution is -2.30. The van der Waals surface area contributed by atoms with E-state index in [9.17, 15) is 14.4 Å². The number of nitrogens with one attached hydrogen (secondary N) is 2. The number of hydrogen-bond acceptors (Lipinski definition) is 4. The number of nitrogens with zero attached hydrogens (tertiary/aromatic N) is 1. The molecule has 1 aromatic heterocycles. The van der Waals surface area contributed by atoms with Gasteiger partial charge in [0.15, 0.2) is 11.6 Å². The zero-order valence-corrected chi connectivity index (χ0v) is 22.4. The molecule has 4 aromatic rings. The molecule has 0 bridgehead atoms. The molecule has 200 valence electrons. The van der Waals surface area contributed by atoms with Gasteiger partial charge in [0, 0.05) is 60.7 Å². The quantitative estimate of drug-likeness (QED) is 0.230. The van der Waals surface area contributed by atoms with E-state index < -0.39 is 6.04 Å². The van der Waals surface area contributed by atoms with Crippen LogP contribution in [0.4, 0.5) is 0 Å². The van der Waals surface area contributed by atoms with E-state index in [1.165, 1.54) is 11.1 Å². The SMILES string of the molecule is Cc1ccc(CCN[C@@H](C(=O)c2c[nH]c3cc(C(=O)CCCN4CCCC4=O)ccc23)c2ccccc2)cc1. The largest absolute Gasteiger partial charge is 0.360 e. The second-order valence-electron chi connectivity index (χ2n) is 10.4. The molecule has 5 rings (SSSR count). The minimum Gasteiger partial charge on any atom is -0.360 e. The summed E-state index contributed by atoms with van der Waals surface area (Å²) in [5, 5.41) is 4.29. The van der Waals surface area contributed by atoms with E-state index in [4.69, 9.17) is 0 Å². The van der Waals surface area contributed by atoms with Gasteiger partial charge in [0.05, 0.1) is 6.04 Å². The molecule has 3 aromatic carbocycles. The van der Waals surface area contributed by atoms with E-state index in [0.29, 0.717) is 43.5 Å². The number of aryl methyl sites for hydroxylation is 1. The molecule has 0 spiro atoms. The van der Waals surface area contributed by atoms with Crippen LogP contribution in [0.2, 0.25) is 0 Å². The topological polar surface area (TPSA) is 82.3 Å². The molecule has 1 atom stereocenters. The maximum atomic E-state index is 13.8. The summed E-state index contributed by atoms with van der Waals surface area (Å²) in [5.41, 5.74) is 5.37. The highest BCUT2D eigenvalue weighted by Gasteiger charge is 2.24. The Balaban J connectivity index is 1.28. The lowest BCUT2D eigenvalue weighted by atomic mass is 9.96. The van der Waals surface area contributed by atoms with Crippen molar-refractivity contribution in [1.29, 1.82) is 0 Å². The van der Waals surface area contributed by atoms with Crippen LogP contribution in [0.15, 0.2) is 79.0 Å². The van der Waals surface area contributed by atoms with Gasteiger partial charge in [-0.1, -0.05) is 72.3 Å². The number of amides is 1. The number of H-pyrrole nitrogens is 1. The standard InChI is InChI=1S/C33H35N3O3/c1-23-11-13-24(14-12-23)17-18-34-32(25-7-3-2-4-8-25)33(39)28-22-35-29-21-26(15-16-27(28)29)30(37)9-5-19-36-20-6-10-31(36)38/h2-4,7-8,11-16,21-22,32,34-35H,5-6,9-10,17-20H2,1H3/t32-/m1/s1. The van der Waals surface area contributed by atoms with Gasteiger partial charge in [-0.3, -0.25) is 14.4 Å². The number of ketones is 2. The number of hydrogen-bond donors (Lipinski definition) is 2. The molecule has 1 saturated heterocycles. The van der Waals surface area contributed by atoms with Gasteiger partial charge in [-0.25, -0.2) is 0 Å². The molecular formula is C33H35N3O3. The third-order valence-electron chi connectivity index (χ3n) is 7.55. The van der Waals surface area contributed by atoms with Crippen molar-refractivity contribution < 1.29 is 14.4 Å². The van der Waals surface area contributed by atoms with E-state index in [1.807, 2.05) is 47.4 Å². The van der Waals surface area contributed by atoms with Crippen molar-refractivity contribution >= 4 is 28.4 Å².